The Morgan fingerprint density at radius 1 is 1.70 bits per heavy atom. The van der Waals surface area contributed by atoms with Crippen molar-refractivity contribution in [3.05, 3.63) is 12.3 Å². The molecule has 0 atom stereocenters. The highest BCUT2D eigenvalue weighted by Gasteiger charge is 2.00. The SMILES string of the molecule is C=C(NCC=O)C(=O)NC. The van der Waals surface area contributed by atoms with Crippen molar-refractivity contribution in [1.82, 2.24) is 10.6 Å². The Morgan fingerprint density at radius 3 is 2.70 bits per heavy atom. The molecule has 0 bridgehead atoms. The Kier molecular flexibility index (Phi) is 3.95. The number of carbonyl (C=O) groups is 2. The van der Waals surface area contributed by atoms with Crippen LogP contribution >= 0.6 is 0 Å². The number of hydrogen-bond acceptors (Lipinski definition) is 3. The van der Waals surface area contributed by atoms with Gasteiger partial charge in [0.2, 0.25) is 0 Å². The molecule has 0 fully saturated rings. The van der Waals surface area contributed by atoms with E-state index in [1.165, 1.54) is 7.05 Å². The molecule has 56 valence electrons. The van der Waals surface area contributed by atoms with Crippen molar-refractivity contribution >= 4 is 12.2 Å². The standard InChI is InChI=1S/C6H10N2O2/c1-5(6(10)7-2)8-3-4-9/h4,8H,1,3H2,2H3,(H,7,10). The number of amides is 1. The summed E-state index contributed by atoms with van der Waals surface area (Å²) < 4.78 is 0. The zero-order valence-electron chi connectivity index (χ0n) is 5.81. The lowest BCUT2D eigenvalue weighted by Crippen LogP contribution is -2.29. The summed E-state index contributed by atoms with van der Waals surface area (Å²) >= 11 is 0. The Morgan fingerprint density at radius 2 is 2.30 bits per heavy atom. The molecule has 0 rings (SSSR count). The first-order valence-electron chi connectivity index (χ1n) is 2.81. The second-order valence-electron chi connectivity index (χ2n) is 1.61. The number of aldehydes is 1. The van der Waals surface area contributed by atoms with Crippen molar-refractivity contribution in [2.75, 3.05) is 13.6 Å². The van der Waals surface area contributed by atoms with Gasteiger partial charge >= 0.3 is 0 Å². The third-order valence-corrected chi connectivity index (χ3v) is 0.900. The molecule has 0 aromatic carbocycles. The van der Waals surface area contributed by atoms with Crippen LogP contribution < -0.4 is 10.6 Å². The summed E-state index contributed by atoms with van der Waals surface area (Å²) in [6.07, 6.45) is 0.661. The van der Waals surface area contributed by atoms with E-state index in [2.05, 4.69) is 17.2 Å². The summed E-state index contributed by atoms with van der Waals surface area (Å²) in [5, 5.41) is 4.87. The highest BCUT2D eigenvalue weighted by molar-refractivity contribution is 5.92. The molecule has 0 aliphatic heterocycles. The Bertz CT molecular complexity index is 154. The topological polar surface area (TPSA) is 58.2 Å². The first-order valence-corrected chi connectivity index (χ1v) is 2.81. The fourth-order valence-electron chi connectivity index (χ4n) is 0.396. The van der Waals surface area contributed by atoms with E-state index in [0.717, 1.165) is 0 Å². The van der Waals surface area contributed by atoms with Gasteiger partial charge < -0.3 is 15.4 Å². The predicted octanol–water partition coefficient (Wildman–Crippen LogP) is -0.965. The number of hydrogen-bond donors (Lipinski definition) is 2. The van der Waals surface area contributed by atoms with Gasteiger partial charge in [0.15, 0.2) is 0 Å². The molecular weight excluding hydrogens is 132 g/mol. The van der Waals surface area contributed by atoms with Crippen molar-refractivity contribution in [1.29, 1.82) is 0 Å². The van der Waals surface area contributed by atoms with Crippen molar-refractivity contribution in [3.63, 3.8) is 0 Å². The Hall–Kier alpha value is -1.32. The largest absolute Gasteiger partial charge is 0.374 e. The Labute approximate surface area is 59.3 Å². The maximum Gasteiger partial charge on any atom is 0.266 e. The second kappa shape index (κ2) is 4.55. The summed E-state index contributed by atoms with van der Waals surface area (Å²) in [5.41, 5.74) is 0.203. The molecule has 0 aliphatic rings. The zero-order valence-corrected chi connectivity index (χ0v) is 5.81. The van der Waals surface area contributed by atoms with Gasteiger partial charge in [-0.25, -0.2) is 0 Å². The van der Waals surface area contributed by atoms with Gasteiger partial charge in [-0.3, -0.25) is 4.79 Å². The molecule has 0 unspecified atom stereocenters. The molecule has 0 spiro atoms. The minimum atomic E-state index is -0.304. The van der Waals surface area contributed by atoms with E-state index in [-0.39, 0.29) is 18.1 Å². The molecule has 0 aromatic rings. The van der Waals surface area contributed by atoms with Gasteiger partial charge in [-0.2, -0.15) is 0 Å². The minimum Gasteiger partial charge on any atom is -0.374 e. The van der Waals surface area contributed by atoms with Gasteiger partial charge in [-0.1, -0.05) is 6.58 Å². The van der Waals surface area contributed by atoms with Crippen LogP contribution in [-0.2, 0) is 9.59 Å². The first-order chi connectivity index (χ1) is 4.72. The first kappa shape index (κ1) is 8.68. The smallest absolute Gasteiger partial charge is 0.266 e. The number of carbonyl (C=O) groups excluding carboxylic acids is 2. The van der Waals surface area contributed by atoms with E-state index in [9.17, 15) is 9.59 Å². The van der Waals surface area contributed by atoms with Crippen molar-refractivity contribution < 1.29 is 9.59 Å². The van der Waals surface area contributed by atoms with Gasteiger partial charge in [-0.15, -0.1) is 0 Å². The number of likely N-dealkylation sites (N-methyl/N-ethyl adjacent to an activating group) is 1. The fourth-order valence-corrected chi connectivity index (χ4v) is 0.396. The summed E-state index contributed by atoms with van der Waals surface area (Å²) in [5.74, 6) is -0.304. The van der Waals surface area contributed by atoms with E-state index in [4.69, 9.17) is 0 Å². The van der Waals surface area contributed by atoms with Crippen LogP contribution in [0.25, 0.3) is 0 Å². The average Bonchev–Trinajstić information content (AvgIpc) is 1.98. The summed E-state index contributed by atoms with van der Waals surface area (Å²) in [7, 11) is 1.50. The van der Waals surface area contributed by atoms with Crippen molar-refractivity contribution in [2.24, 2.45) is 0 Å². The van der Waals surface area contributed by atoms with Crippen LogP contribution in [0.3, 0.4) is 0 Å². The van der Waals surface area contributed by atoms with Crippen LogP contribution in [0.2, 0.25) is 0 Å². The van der Waals surface area contributed by atoms with Crippen LogP contribution in [0.4, 0.5) is 0 Å². The highest BCUT2D eigenvalue weighted by atomic mass is 16.2. The van der Waals surface area contributed by atoms with Crippen LogP contribution in [0.15, 0.2) is 12.3 Å². The highest BCUT2D eigenvalue weighted by Crippen LogP contribution is 1.79. The average molecular weight is 142 g/mol. The maximum atomic E-state index is 10.6. The summed E-state index contributed by atoms with van der Waals surface area (Å²) in [4.78, 5) is 20.4. The molecule has 0 saturated heterocycles. The summed E-state index contributed by atoms with van der Waals surface area (Å²) in [6, 6.07) is 0. The lowest BCUT2D eigenvalue weighted by Gasteiger charge is -2.02. The molecule has 4 nitrogen and oxygen atoms in total. The van der Waals surface area contributed by atoms with Crippen molar-refractivity contribution in [3.8, 4) is 0 Å². The molecule has 0 radical (unpaired) electrons. The molecular formula is C6H10N2O2. The van der Waals surface area contributed by atoms with E-state index < -0.39 is 0 Å². The Balaban J connectivity index is 3.62. The van der Waals surface area contributed by atoms with E-state index in [0.29, 0.717) is 6.29 Å². The molecule has 0 aromatic heterocycles. The van der Waals surface area contributed by atoms with Gasteiger partial charge in [0.05, 0.1) is 12.2 Å². The zero-order chi connectivity index (χ0) is 7.98. The third kappa shape index (κ3) is 2.86. The number of rotatable bonds is 4. The maximum absolute atomic E-state index is 10.6. The van der Waals surface area contributed by atoms with Gasteiger partial charge in [0, 0.05) is 7.05 Å². The minimum absolute atomic E-state index is 0.117. The van der Waals surface area contributed by atoms with E-state index in [1.807, 2.05) is 0 Å². The monoisotopic (exact) mass is 142 g/mol. The lowest BCUT2D eigenvalue weighted by molar-refractivity contribution is -0.117. The van der Waals surface area contributed by atoms with Gasteiger partial charge in [-0.05, 0) is 0 Å². The molecule has 0 aliphatic carbocycles. The van der Waals surface area contributed by atoms with Crippen molar-refractivity contribution in [2.45, 2.75) is 0 Å². The molecule has 4 heteroatoms. The van der Waals surface area contributed by atoms with Crippen LogP contribution in [0.1, 0.15) is 0 Å². The fraction of sp³-hybridized carbons (Fsp3) is 0.333. The van der Waals surface area contributed by atoms with Crippen LogP contribution in [-0.4, -0.2) is 25.8 Å². The van der Waals surface area contributed by atoms with E-state index in [1.54, 1.807) is 0 Å². The molecule has 2 N–H and O–H groups in total. The number of nitrogens with one attached hydrogen (secondary N) is 2. The normalized spacial score (nSPS) is 8.10. The van der Waals surface area contributed by atoms with Crippen LogP contribution in [0, 0.1) is 0 Å². The predicted molar refractivity (Wildman–Crippen MR) is 37.3 cm³/mol. The van der Waals surface area contributed by atoms with Gasteiger partial charge in [0.25, 0.3) is 5.91 Å². The van der Waals surface area contributed by atoms with E-state index >= 15 is 0 Å². The molecule has 10 heavy (non-hydrogen) atoms. The molecule has 0 heterocycles. The summed E-state index contributed by atoms with van der Waals surface area (Å²) in [6.45, 7) is 3.50. The third-order valence-electron chi connectivity index (χ3n) is 0.900. The van der Waals surface area contributed by atoms with Gasteiger partial charge in [0.1, 0.15) is 6.29 Å². The molecule has 1 amide bonds. The molecule has 0 saturated carbocycles. The second-order valence-corrected chi connectivity index (χ2v) is 1.61. The van der Waals surface area contributed by atoms with Crippen LogP contribution in [0.5, 0.6) is 0 Å². The quantitative estimate of drug-likeness (QED) is 0.392. The lowest BCUT2D eigenvalue weighted by atomic mass is 10.4.